The molecule has 0 aliphatic carbocycles. The van der Waals surface area contributed by atoms with E-state index in [4.69, 9.17) is 5.11 Å². The molecule has 0 rings (SSSR count). The molecule has 0 fully saturated rings. The minimum absolute atomic E-state index is 0.345. The van der Waals surface area contributed by atoms with Gasteiger partial charge < -0.3 is 10.0 Å². The van der Waals surface area contributed by atoms with Crippen LogP contribution in [0.4, 0.5) is 0 Å². The number of hydrogen-bond acceptors (Lipinski definition) is 2. The van der Waals surface area contributed by atoms with Gasteiger partial charge in [0.15, 0.2) is 0 Å². The van der Waals surface area contributed by atoms with Crippen molar-refractivity contribution in [1.82, 2.24) is 4.90 Å². The van der Waals surface area contributed by atoms with E-state index in [9.17, 15) is 4.79 Å². The molecule has 0 aliphatic rings. The second-order valence-corrected chi connectivity index (χ2v) is 14.2. The Bertz CT molecular complexity index is 485. The summed E-state index contributed by atoms with van der Waals surface area (Å²) in [6.07, 6.45) is 45.9. The number of unbranched alkanes of at least 4 members (excludes halogenated alkanes) is 29. The van der Waals surface area contributed by atoms with E-state index < -0.39 is 5.97 Å². The van der Waals surface area contributed by atoms with Crippen LogP contribution in [0.5, 0.6) is 0 Å². The lowest BCUT2D eigenvalue weighted by atomic mass is 10.0. The summed E-state index contributed by atoms with van der Waals surface area (Å²) >= 11 is 0. The van der Waals surface area contributed by atoms with Gasteiger partial charge in [0.1, 0.15) is 0 Å². The van der Waals surface area contributed by atoms with Crippen molar-refractivity contribution >= 4 is 5.97 Å². The molecule has 45 heavy (non-hydrogen) atoms. The molecular weight excluding hydrogens is 550 g/mol. The number of rotatable bonds is 37. The molecule has 3 nitrogen and oxygen atoms in total. The molecule has 0 aromatic carbocycles. The largest absolute Gasteiger partial charge is 0.481 e. The second-order valence-electron chi connectivity index (χ2n) is 14.2. The van der Waals surface area contributed by atoms with Crippen molar-refractivity contribution in [2.75, 3.05) is 19.6 Å². The van der Waals surface area contributed by atoms with Gasteiger partial charge in [-0.15, -0.1) is 0 Å². The highest BCUT2D eigenvalue weighted by Gasteiger charge is 2.05. The molecule has 1 N–H and O–H groups in total. The summed E-state index contributed by atoms with van der Waals surface area (Å²) in [4.78, 5) is 13.1. The van der Waals surface area contributed by atoms with Gasteiger partial charge in [-0.05, 0) is 45.3 Å². The monoisotopic (exact) mass is 638 g/mol. The minimum Gasteiger partial charge on any atom is -0.481 e. The molecule has 0 amide bonds. The third-order valence-corrected chi connectivity index (χ3v) is 9.48. The zero-order valence-corrected chi connectivity index (χ0v) is 32.0. The first-order valence-corrected chi connectivity index (χ1v) is 21.1. The van der Waals surface area contributed by atoms with Crippen LogP contribution in [0.15, 0.2) is 0 Å². The van der Waals surface area contributed by atoms with Crippen LogP contribution in [-0.2, 0) is 4.79 Å². The van der Waals surface area contributed by atoms with Gasteiger partial charge in [-0.25, -0.2) is 0 Å². The van der Waals surface area contributed by atoms with Crippen LogP contribution < -0.4 is 0 Å². The van der Waals surface area contributed by atoms with Crippen LogP contribution in [0, 0.1) is 0 Å². The molecule has 0 saturated heterocycles. The number of carbonyl (C=O) groups is 1. The number of hydrogen-bond donors (Lipinski definition) is 1. The average molecular weight is 638 g/mol. The standard InChI is InChI=1S/C24H51N.C18H36O2/c1-4-7-10-13-16-19-22-25(23-20-17-14-11-8-5-2)24-21-18-15-12-9-6-3;1-2-3-4-5-6-7-8-9-10-11-12-13-14-15-16-17-18(19)20/h4-24H2,1-3H3;2-17H2,1H3,(H,19,20). The van der Waals surface area contributed by atoms with Gasteiger partial charge in [0.2, 0.25) is 0 Å². The van der Waals surface area contributed by atoms with E-state index in [0.717, 1.165) is 12.8 Å². The smallest absolute Gasteiger partial charge is 0.303 e. The Morgan fingerprint density at radius 3 is 0.756 bits per heavy atom. The Labute approximate surface area is 285 Å². The van der Waals surface area contributed by atoms with Gasteiger partial charge in [-0.2, -0.15) is 0 Å². The summed E-state index contributed by atoms with van der Waals surface area (Å²) in [5, 5.41) is 8.52. The lowest BCUT2D eigenvalue weighted by molar-refractivity contribution is -0.137. The molecule has 0 spiro atoms. The number of carboxylic acid groups (broad SMARTS) is 1. The minimum atomic E-state index is -0.653. The van der Waals surface area contributed by atoms with Gasteiger partial charge >= 0.3 is 5.97 Å². The average Bonchev–Trinajstić information content (AvgIpc) is 3.03. The Kier molecular flexibility index (Phi) is 44.9. The molecule has 272 valence electrons. The molecule has 3 heteroatoms. The maximum Gasteiger partial charge on any atom is 0.303 e. The van der Waals surface area contributed by atoms with E-state index >= 15 is 0 Å². The summed E-state index contributed by atoms with van der Waals surface area (Å²) < 4.78 is 0. The number of nitrogens with zero attached hydrogens (tertiary/aromatic N) is 1. The topological polar surface area (TPSA) is 40.5 Å². The summed E-state index contributed by atoms with van der Waals surface area (Å²) in [7, 11) is 0. The first kappa shape index (κ1) is 46.5. The third-order valence-electron chi connectivity index (χ3n) is 9.48. The Morgan fingerprint density at radius 1 is 0.333 bits per heavy atom. The quantitative estimate of drug-likeness (QED) is 0.0689. The lowest BCUT2D eigenvalue weighted by Gasteiger charge is -2.22. The second kappa shape index (κ2) is 43.4. The van der Waals surface area contributed by atoms with E-state index in [0.29, 0.717) is 6.42 Å². The Balaban J connectivity index is 0. The molecule has 0 heterocycles. The van der Waals surface area contributed by atoms with Crippen LogP contribution in [-0.4, -0.2) is 35.6 Å². The zero-order chi connectivity index (χ0) is 33.3. The third kappa shape index (κ3) is 45.6. The highest BCUT2D eigenvalue weighted by Crippen LogP contribution is 2.14. The van der Waals surface area contributed by atoms with Crippen molar-refractivity contribution in [3.05, 3.63) is 0 Å². The maximum absolute atomic E-state index is 10.3. The highest BCUT2D eigenvalue weighted by atomic mass is 16.4. The Hall–Kier alpha value is -0.570. The van der Waals surface area contributed by atoms with Crippen LogP contribution >= 0.6 is 0 Å². The van der Waals surface area contributed by atoms with Gasteiger partial charge in [0.05, 0.1) is 0 Å². The summed E-state index contributed by atoms with van der Waals surface area (Å²) in [5.41, 5.74) is 0. The van der Waals surface area contributed by atoms with E-state index in [1.165, 1.54) is 219 Å². The highest BCUT2D eigenvalue weighted by molar-refractivity contribution is 5.66. The molecule has 0 atom stereocenters. The van der Waals surface area contributed by atoms with Gasteiger partial charge in [0.25, 0.3) is 0 Å². The molecule has 0 aromatic rings. The predicted molar refractivity (Wildman–Crippen MR) is 204 cm³/mol. The van der Waals surface area contributed by atoms with E-state index in [1.807, 2.05) is 0 Å². The molecule has 0 aromatic heterocycles. The fourth-order valence-corrected chi connectivity index (χ4v) is 6.33. The summed E-state index contributed by atoms with van der Waals surface area (Å²) in [6.45, 7) is 13.3. The van der Waals surface area contributed by atoms with Gasteiger partial charge in [-0.3, -0.25) is 4.79 Å². The SMILES string of the molecule is CCCCCCCCCCCCCCCCCC(=O)O.CCCCCCCCN(CCCCCCCC)CCCCCCCC. The van der Waals surface area contributed by atoms with Crippen LogP contribution in [0.25, 0.3) is 0 Å². The van der Waals surface area contributed by atoms with Crippen molar-refractivity contribution in [2.45, 2.75) is 246 Å². The molecule has 0 radical (unpaired) electrons. The van der Waals surface area contributed by atoms with Crippen molar-refractivity contribution in [3.8, 4) is 0 Å². The van der Waals surface area contributed by atoms with Crippen LogP contribution in [0.2, 0.25) is 0 Å². The van der Waals surface area contributed by atoms with Crippen molar-refractivity contribution in [2.24, 2.45) is 0 Å². The summed E-state index contributed by atoms with van der Waals surface area (Å²) in [5.74, 6) is -0.653. The Morgan fingerprint density at radius 2 is 0.533 bits per heavy atom. The van der Waals surface area contributed by atoms with Crippen LogP contribution in [0.1, 0.15) is 246 Å². The van der Waals surface area contributed by atoms with E-state index in [1.54, 1.807) is 0 Å². The van der Waals surface area contributed by atoms with Gasteiger partial charge in [-0.1, -0.05) is 214 Å². The van der Waals surface area contributed by atoms with Gasteiger partial charge in [0, 0.05) is 6.42 Å². The fourth-order valence-electron chi connectivity index (χ4n) is 6.33. The molecule has 0 bridgehead atoms. The van der Waals surface area contributed by atoms with Crippen molar-refractivity contribution in [3.63, 3.8) is 0 Å². The fraction of sp³-hybridized carbons (Fsp3) is 0.976. The van der Waals surface area contributed by atoms with Crippen molar-refractivity contribution in [1.29, 1.82) is 0 Å². The molecular formula is C42H87NO2. The van der Waals surface area contributed by atoms with E-state index in [-0.39, 0.29) is 0 Å². The van der Waals surface area contributed by atoms with Crippen molar-refractivity contribution < 1.29 is 9.90 Å². The van der Waals surface area contributed by atoms with Crippen LogP contribution in [0.3, 0.4) is 0 Å². The maximum atomic E-state index is 10.3. The molecule has 0 aliphatic heterocycles. The normalized spacial score (nSPS) is 11.2. The zero-order valence-electron chi connectivity index (χ0n) is 32.0. The predicted octanol–water partition coefficient (Wildman–Crippen LogP) is 14.7. The first-order chi connectivity index (χ1) is 22.1. The molecule has 0 unspecified atom stereocenters. The lowest BCUT2D eigenvalue weighted by Crippen LogP contribution is -2.27. The number of aliphatic carboxylic acids is 1. The first-order valence-electron chi connectivity index (χ1n) is 21.1. The number of carboxylic acids is 1. The summed E-state index contributed by atoms with van der Waals surface area (Å²) in [6, 6.07) is 0. The molecule has 0 saturated carbocycles. The van der Waals surface area contributed by atoms with E-state index in [2.05, 4.69) is 32.6 Å².